The molecule has 1 amide bonds. The SMILES string of the molecule is COC(=O)C(C)CC(CCN1CCC(N(C)C(=O)OC(C)(C)C)CC1)OCc1ccccc1. The van der Waals surface area contributed by atoms with Gasteiger partial charge in [-0.15, -0.1) is 0 Å². The molecule has 7 nitrogen and oxygen atoms in total. The number of likely N-dealkylation sites (tertiary alicyclic amines) is 1. The molecule has 7 heteroatoms. The lowest BCUT2D eigenvalue weighted by molar-refractivity contribution is -0.146. The molecule has 0 aromatic heterocycles. The average molecular weight is 463 g/mol. The third kappa shape index (κ3) is 9.72. The molecule has 2 unspecified atom stereocenters. The Labute approximate surface area is 199 Å². The number of amides is 1. The maximum atomic E-state index is 12.4. The minimum Gasteiger partial charge on any atom is -0.469 e. The predicted octanol–water partition coefficient (Wildman–Crippen LogP) is 4.49. The van der Waals surface area contributed by atoms with Crippen LogP contribution in [0.2, 0.25) is 0 Å². The molecule has 1 aliphatic rings. The molecule has 2 rings (SSSR count). The quantitative estimate of drug-likeness (QED) is 0.477. The van der Waals surface area contributed by atoms with Crippen LogP contribution in [0.4, 0.5) is 4.79 Å². The Balaban J connectivity index is 1.84. The van der Waals surface area contributed by atoms with E-state index in [1.807, 2.05) is 65.1 Å². The van der Waals surface area contributed by atoms with E-state index in [1.54, 1.807) is 4.90 Å². The fourth-order valence-corrected chi connectivity index (χ4v) is 4.09. The molecule has 186 valence electrons. The maximum Gasteiger partial charge on any atom is 0.410 e. The van der Waals surface area contributed by atoms with E-state index in [1.165, 1.54) is 7.11 Å². The third-order valence-corrected chi connectivity index (χ3v) is 6.10. The molecular weight excluding hydrogens is 420 g/mol. The summed E-state index contributed by atoms with van der Waals surface area (Å²) in [6, 6.07) is 10.3. The highest BCUT2D eigenvalue weighted by Crippen LogP contribution is 2.21. The topological polar surface area (TPSA) is 68.3 Å². The zero-order valence-electron chi connectivity index (χ0n) is 21.2. The molecule has 1 aliphatic heterocycles. The van der Waals surface area contributed by atoms with Crippen LogP contribution in [0, 0.1) is 5.92 Å². The van der Waals surface area contributed by atoms with Crippen LogP contribution in [-0.2, 0) is 25.6 Å². The molecule has 33 heavy (non-hydrogen) atoms. The Hall–Kier alpha value is -2.12. The first-order valence-electron chi connectivity index (χ1n) is 12.0. The lowest BCUT2D eigenvalue weighted by Gasteiger charge is -2.37. The van der Waals surface area contributed by atoms with Gasteiger partial charge in [0, 0.05) is 32.7 Å². The second-order valence-electron chi connectivity index (χ2n) is 10.0. The number of carbonyl (C=O) groups excluding carboxylic acids is 2. The summed E-state index contributed by atoms with van der Waals surface area (Å²) in [6.07, 6.45) is 3.04. The monoisotopic (exact) mass is 462 g/mol. The van der Waals surface area contributed by atoms with Crippen LogP contribution in [0.5, 0.6) is 0 Å². The van der Waals surface area contributed by atoms with Crippen LogP contribution in [0.1, 0.15) is 58.9 Å². The van der Waals surface area contributed by atoms with Gasteiger partial charge in [-0.2, -0.15) is 0 Å². The van der Waals surface area contributed by atoms with Gasteiger partial charge in [0.2, 0.25) is 0 Å². The van der Waals surface area contributed by atoms with Crippen molar-refractivity contribution < 1.29 is 23.8 Å². The summed E-state index contributed by atoms with van der Waals surface area (Å²) in [4.78, 5) is 28.5. The number of hydrogen-bond donors (Lipinski definition) is 0. The van der Waals surface area contributed by atoms with Gasteiger partial charge in [0.25, 0.3) is 0 Å². The number of nitrogens with zero attached hydrogens (tertiary/aromatic N) is 2. The molecule has 0 spiro atoms. The van der Waals surface area contributed by atoms with Gasteiger partial charge in [0.15, 0.2) is 0 Å². The summed E-state index contributed by atoms with van der Waals surface area (Å²) in [5.41, 5.74) is 0.640. The zero-order valence-corrected chi connectivity index (χ0v) is 21.2. The third-order valence-electron chi connectivity index (χ3n) is 6.10. The minimum atomic E-state index is -0.484. The summed E-state index contributed by atoms with van der Waals surface area (Å²) in [7, 11) is 3.26. The molecule has 0 saturated carbocycles. The van der Waals surface area contributed by atoms with Crippen LogP contribution in [-0.4, -0.2) is 73.4 Å². The highest BCUT2D eigenvalue weighted by molar-refractivity contribution is 5.71. The average Bonchev–Trinajstić information content (AvgIpc) is 2.79. The summed E-state index contributed by atoms with van der Waals surface area (Å²) >= 11 is 0. The minimum absolute atomic E-state index is 0.0264. The summed E-state index contributed by atoms with van der Waals surface area (Å²) < 4.78 is 16.6. The van der Waals surface area contributed by atoms with E-state index in [2.05, 4.69) is 4.90 Å². The molecule has 1 fully saturated rings. The number of esters is 1. The first-order valence-corrected chi connectivity index (χ1v) is 12.0. The van der Waals surface area contributed by atoms with Gasteiger partial charge in [0.1, 0.15) is 5.60 Å². The number of benzene rings is 1. The van der Waals surface area contributed by atoms with Gasteiger partial charge < -0.3 is 24.0 Å². The van der Waals surface area contributed by atoms with Gasteiger partial charge in [-0.05, 0) is 52.0 Å². The van der Waals surface area contributed by atoms with E-state index in [-0.39, 0.29) is 30.1 Å². The highest BCUT2D eigenvalue weighted by atomic mass is 16.6. The van der Waals surface area contributed by atoms with Crippen molar-refractivity contribution in [3.8, 4) is 0 Å². The molecule has 0 bridgehead atoms. The normalized spacial score (nSPS) is 17.3. The van der Waals surface area contributed by atoms with Crippen LogP contribution >= 0.6 is 0 Å². The Morgan fingerprint density at radius 3 is 2.36 bits per heavy atom. The van der Waals surface area contributed by atoms with Crippen LogP contribution in [0.3, 0.4) is 0 Å². The van der Waals surface area contributed by atoms with Crippen molar-refractivity contribution in [2.24, 2.45) is 5.92 Å². The molecule has 1 aromatic rings. The maximum absolute atomic E-state index is 12.4. The molecular formula is C26H42N2O5. The molecule has 1 aromatic carbocycles. The second-order valence-corrected chi connectivity index (χ2v) is 10.0. The van der Waals surface area contributed by atoms with E-state index in [0.717, 1.165) is 44.5 Å². The van der Waals surface area contributed by atoms with Crippen molar-refractivity contribution in [3.63, 3.8) is 0 Å². The van der Waals surface area contributed by atoms with Crippen molar-refractivity contribution in [1.82, 2.24) is 9.80 Å². The van der Waals surface area contributed by atoms with Crippen LogP contribution in [0.25, 0.3) is 0 Å². The summed E-state index contributed by atoms with van der Waals surface area (Å²) in [5.74, 6) is -0.404. The van der Waals surface area contributed by atoms with Gasteiger partial charge in [-0.25, -0.2) is 4.79 Å². The summed E-state index contributed by atoms with van der Waals surface area (Å²) in [6.45, 7) is 10.8. The number of hydrogen-bond acceptors (Lipinski definition) is 6. The lowest BCUT2D eigenvalue weighted by Crippen LogP contribution is -2.47. The zero-order chi connectivity index (χ0) is 24.4. The number of piperidine rings is 1. The fourth-order valence-electron chi connectivity index (χ4n) is 4.09. The largest absolute Gasteiger partial charge is 0.469 e. The van der Waals surface area contributed by atoms with Crippen molar-refractivity contribution in [2.45, 2.75) is 77.7 Å². The first-order chi connectivity index (χ1) is 15.6. The standard InChI is InChI=1S/C26H42N2O5/c1-20(24(29)31-6)18-23(32-19-21-10-8-7-9-11-21)14-17-28-15-12-22(13-16-28)27(5)25(30)33-26(2,3)4/h7-11,20,22-23H,12-19H2,1-6H3. The predicted molar refractivity (Wildman–Crippen MR) is 129 cm³/mol. The number of ether oxygens (including phenoxy) is 3. The van der Waals surface area contributed by atoms with Crippen molar-refractivity contribution in [1.29, 1.82) is 0 Å². The van der Waals surface area contributed by atoms with Crippen LogP contribution in [0.15, 0.2) is 30.3 Å². The van der Waals surface area contributed by atoms with Gasteiger partial charge in [0.05, 0.1) is 25.7 Å². The Morgan fingerprint density at radius 1 is 1.15 bits per heavy atom. The Morgan fingerprint density at radius 2 is 1.79 bits per heavy atom. The molecule has 0 aliphatic carbocycles. The summed E-state index contributed by atoms with van der Waals surface area (Å²) in [5, 5.41) is 0. The number of rotatable bonds is 10. The number of carbonyl (C=O) groups is 2. The molecule has 2 atom stereocenters. The lowest BCUT2D eigenvalue weighted by atomic mass is 10.00. The van der Waals surface area contributed by atoms with Gasteiger partial charge in [-0.3, -0.25) is 4.79 Å². The van der Waals surface area contributed by atoms with E-state index in [0.29, 0.717) is 13.0 Å². The smallest absolute Gasteiger partial charge is 0.410 e. The van der Waals surface area contributed by atoms with Crippen molar-refractivity contribution in [2.75, 3.05) is 33.8 Å². The first kappa shape index (κ1) is 27.1. The Bertz CT molecular complexity index is 726. The molecule has 1 heterocycles. The Kier molecular flexibility index (Phi) is 10.6. The molecule has 1 saturated heterocycles. The van der Waals surface area contributed by atoms with Crippen molar-refractivity contribution in [3.05, 3.63) is 35.9 Å². The molecule has 0 radical (unpaired) electrons. The van der Waals surface area contributed by atoms with E-state index >= 15 is 0 Å². The van der Waals surface area contributed by atoms with E-state index in [9.17, 15) is 9.59 Å². The van der Waals surface area contributed by atoms with E-state index in [4.69, 9.17) is 14.2 Å². The fraction of sp³-hybridized carbons (Fsp3) is 0.692. The van der Waals surface area contributed by atoms with E-state index < -0.39 is 5.60 Å². The number of methoxy groups -OCH3 is 1. The van der Waals surface area contributed by atoms with Gasteiger partial charge in [-0.1, -0.05) is 37.3 Å². The highest BCUT2D eigenvalue weighted by Gasteiger charge is 2.29. The second kappa shape index (κ2) is 12.9. The molecule has 0 N–H and O–H groups in total. The van der Waals surface area contributed by atoms with Crippen molar-refractivity contribution >= 4 is 12.1 Å². The van der Waals surface area contributed by atoms with Gasteiger partial charge >= 0.3 is 12.1 Å². The van der Waals surface area contributed by atoms with Crippen LogP contribution < -0.4 is 0 Å².